The summed E-state index contributed by atoms with van der Waals surface area (Å²) in [5, 5.41) is 56.1. The number of aliphatic hydroxyl groups is 2. The van der Waals surface area contributed by atoms with E-state index in [1.807, 2.05) is 44.2 Å². The van der Waals surface area contributed by atoms with Crippen LogP contribution in [0.5, 0.6) is 0 Å². The first-order valence-electron chi connectivity index (χ1n) is 33.9. The molecule has 95 heavy (non-hydrogen) atoms. The highest BCUT2D eigenvalue weighted by Gasteiger charge is 2.43. The van der Waals surface area contributed by atoms with Crippen molar-refractivity contribution in [2.24, 2.45) is 57.7 Å². The van der Waals surface area contributed by atoms with Crippen LogP contribution in [0.2, 0.25) is 0 Å². The molecule has 0 bridgehead atoms. The summed E-state index contributed by atoms with van der Waals surface area (Å²) in [6.45, 7) is 13.4. The molecule has 0 radical (unpaired) electrons. The Morgan fingerprint density at radius 2 is 1.15 bits per heavy atom. The van der Waals surface area contributed by atoms with Gasteiger partial charge in [0.15, 0.2) is 11.7 Å². The van der Waals surface area contributed by atoms with Crippen molar-refractivity contribution in [3.05, 3.63) is 35.9 Å². The summed E-state index contributed by atoms with van der Waals surface area (Å²) in [5.74, 6) is -12.7. The van der Waals surface area contributed by atoms with Gasteiger partial charge in [0, 0.05) is 25.3 Å². The first kappa shape index (κ1) is 81.4. The molecule has 1 saturated heterocycles. The summed E-state index contributed by atoms with van der Waals surface area (Å²) >= 11 is 0. The number of esters is 1. The standard InChI is InChI=1S/C66H111N15O14/c1-11-36(5)50(77-58(87)45(71-10)32-41-24-17-15-18-25-41)61(90)74-46(34-82)59(88)73-44(29-21-22-30-49(67)68)57(86)76-52(38(7)13-3)63(92)78-51(37(6)12-2)62(91)75-47(35-83)60(89)80-54-40(9)95-65(94)53(39(8)14-4)79-64(93)55(42-26-19-16-20-27-42)81-56(85)43(33-48(54)84)28-23-31-72-66(69)70/h15,17-18,24-25,36-40,42-47,50-55,71,82-83H,11-14,16,19-23,26-35H2,1-10H3,(H3,67,68)(H,73,88)(H,74,90)(H,75,91)(H,76,86)(H,77,87)(H,78,92)(H,79,93)(H,80,89)(H,81,85)(H4,69,70,72)/t36-,37-,38+,39-,40-,43+,44+,45+,46-,47-,50-,51-,52+,53-,54+,55-/m0/s1. The first-order chi connectivity index (χ1) is 45.1. The van der Waals surface area contributed by atoms with E-state index in [1.54, 1.807) is 48.6 Å². The van der Waals surface area contributed by atoms with Crippen molar-refractivity contribution >= 4 is 76.7 Å². The Bertz CT molecular complexity index is 2730. The van der Waals surface area contributed by atoms with Gasteiger partial charge in [-0.05, 0) is 94.1 Å². The molecule has 1 heterocycles. The number of benzene rings is 1. The van der Waals surface area contributed by atoms with Crippen LogP contribution in [0.4, 0.5) is 0 Å². The van der Waals surface area contributed by atoms with E-state index in [0.29, 0.717) is 44.9 Å². The lowest BCUT2D eigenvalue weighted by molar-refractivity contribution is -0.157. The lowest BCUT2D eigenvalue weighted by Crippen LogP contribution is -2.63. The second-order valence-corrected chi connectivity index (χ2v) is 25.7. The third kappa shape index (κ3) is 26.4. The number of rotatable bonds is 37. The number of amidine groups is 1. The van der Waals surface area contributed by atoms with Crippen molar-refractivity contribution in [2.75, 3.05) is 26.8 Å². The van der Waals surface area contributed by atoms with E-state index in [-0.39, 0.29) is 62.8 Å². The van der Waals surface area contributed by atoms with Crippen LogP contribution in [0.1, 0.15) is 171 Å². The molecule has 0 spiro atoms. The predicted octanol–water partition coefficient (Wildman–Crippen LogP) is 0.000270. The Morgan fingerprint density at radius 1 is 0.642 bits per heavy atom. The number of amides is 9. The van der Waals surface area contributed by atoms with Crippen LogP contribution in [-0.2, 0) is 63.9 Å². The normalized spacial score (nSPS) is 21.6. The minimum Gasteiger partial charge on any atom is -0.458 e. The van der Waals surface area contributed by atoms with E-state index in [0.717, 1.165) is 24.8 Å². The van der Waals surface area contributed by atoms with E-state index < -0.39 is 181 Å². The molecule has 1 aromatic rings. The molecule has 1 aromatic carbocycles. The van der Waals surface area contributed by atoms with E-state index in [4.69, 9.17) is 27.3 Å². The molecule has 19 N–H and O–H groups in total. The zero-order chi connectivity index (χ0) is 71.1. The maximum absolute atomic E-state index is 14.7. The van der Waals surface area contributed by atoms with Gasteiger partial charge in [0.2, 0.25) is 53.2 Å². The molecule has 29 nitrogen and oxygen atoms in total. The van der Waals surface area contributed by atoms with Crippen LogP contribution in [0.15, 0.2) is 35.3 Å². The molecule has 1 aliphatic carbocycles. The van der Waals surface area contributed by atoms with E-state index in [9.17, 15) is 63.0 Å². The molecule has 1 aliphatic heterocycles. The summed E-state index contributed by atoms with van der Waals surface area (Å²) in [5.41, 5.74) is 17.6. The van der Waals surface area contributed by atoms with Crippen LogP contribution in [0.25, 0.3) is 0 Å². The number of hydrogen-bond acceptors (Lipinski definition) is 17. The van der Waals surface area contributed by atoms with E-state index in [2.05, 4.69) is 58.2 Å². The van der Waals surface area contributed by atoms with Gasteiger partial charge in [0.25, 0.3) is 0 Å². The molecule has 534 valence electrons. The lowest BCUT2D eigenvalue weighted by atomic mass is 9.82. The summed E-state index contributed by atoms with van der Waals surface area (Å²) in [7, 11) is 1.62. The molecule has 0 aromatic heterocycles. The molecule has 2 aliphatic rings. The van der Waals surface area contributed by atoms with Gasteiger partial charge in [-0.25, -0.2) is 4.79 Å². The van der Waals surface area contributed by atoms with Crippen LogP contribution in [-0.4, -0.2) is 180 Å². The third-order valence-electron chi connectivity index (χ3n) is 18.5. The molecule has 16 atom stereocenters. The number of Topliss-reactive ketones (excluding diaryl/α,β-unsaturated/α-hetero) is 1. The maximum atomic E-state index is 14.7. The predicted molar refractivity (Wildman–Crippen MR) is 358 cm³/mol. The molecule has 3 rings (SSSR count). The Hall–Kier alpha value is -7.79. The number of unbranched alkanes of at least 4 members (excludes halogenated alkanes) is 1. The van der Waals surface area contributed by atoms with Crippen molar-refractivity contribution in [3.63, 3.8) is 0 Å². The highest BCUT2D eigenvalue weighted by molar-refractivity contribution is 6.00. The average Bonchev–Trinajstić information content (AvgIpc) is 1.83. The van der Waals surface area contributed by atoms with Gasteiger partial charge in [-0.1, -0.05) is 137 Å². The Morgan fingerprint density at radius 3 is 1.65 bits per heavy atom. The number of cyclic esters (lactones) is 1. The Kier molecular flexibility index (Phi) is 35.9. The maximum Gasteiger partial charge on any atom is 0.329 e. The number of nitrogens with zero attached hydrogens (tertiary/aromatic N) is 1. The van der Waals surface area contributed by atoms with E-state index in [1.165, 1.54) is 6.92 Å². The third-order valence-corrected chi connectivity index (χ3v) is 18.5. The number of ketones is 1. The number of nitrogens with one attached hydrogen (secondary N) is 11. The van der Waals surface area contributed by atoms with Crippen molar-refractivity contribution in [1.29, 1.82) is 5.41 Å². The Balaban J connectivity index is 1.94. The Labute approximate surface area is 559 Å². The van der Waals surface area contributed by atoms with Gasteiger partial charge >= 0.3 is 5.97 Å². The monoisotopic (exact) mass is 1340 g/mol. The van der Waals surface area contributed by atoms with Gasteiger partial charge in [0.05, 0.1) is 25.1 Å². The lowest BCUT2D eigenvalue weighted by Gasteiger charge is -2.33. The number of nitrogens with two attached hydrogens (primary N) is 3. The van der Waals surface area contributed by atoms with Crippen LogP contribution < -0.4 is 70.4 Å². The number of likely N-dealkylation sites (N-methyl/N-ethyl adjacent to an activating group) is 1. The molecule has 0 unspecified atom stereocenters. The smallest absolute Gasteiger partial charge is 0.329 e. The fourth-order valence-electron chi connectivity index (χ4n) is 11.5. The van der Waals surface area contributed by atoms with Crippen molar-refractivity contribution in [2.45, 2.75) is 238 Å². The second kappa shape index (κ2) is 41.9. The van der Waals surface area contributed by atoms with Gasteiger partial charge in [-0.2, -0.15) is 0 Å². The van der Waals surface area contributed by atoms with Gasteiger partial charge in [0.1, 0.15) is 60.5 Å². The number of carbonyl (C=O) groups excluding carboxylic acids is 11. The van der Waals surface area contributed by atoms with Crippen molar-refractivity contribution in [1.82, 2.24) is 53.2 Å². The number of hydrogen-bond donors (Lipinski definition) is 16. The highest BCUT2D eigenvalue weighted by atomic mass is 16.5. The summed E-state index contributed by atoms with van der Waals surface area (Å²) < 4.78 is 5.91. The average molecular weight is 1340 g/mol. The molecular formula is C66H111N15O14. The minimum atomic E-state index is -1.80. The number of ether oxygens (including phenoxy) is 1. The number of carbonyl (C=O) groups is 11. The summed E-state index contributed by atoms with van der Waals surface area (Å²) in [4.78, 5) is 161. The molecular weight excluding hydrogens is 1230 g/mol. The molecule has 1 saturated carbocycles. The van der Waals surface area contributed by atoms with Crippen molar-refractivity contribution in [3.8, 4) is 0 Å². The van der Waals surface area contributed by atoms with Crippen molar-refractivity contribution < 1.29 is 67.7 Å². The first-order valence-corrected chi connectivity index (χ1v) is 33.9. The summed E-state index contributed by atoms with van der Waals surface area (Å²) in [6.07, 6.45) is 4.57. The minimum absolute atomic E-state index is 0.0562. The highest BCUT2D eigenvalue weighted by Crippen LogP contribution is 2.29. The topological polar surface area (TPSA) is 472 Å². The number of guanidine groups is 1. The second-order valence-electron chi connectivity index (χ2n) is 25.7. The van der Waals surface area contributed by atoms with Crippen LogP contribution >= 0.6 is 0 Å². The van der Waals surface area contributed by atoms with Gasteiger partial charge in [-0.15, -0.1) is 0 Å². The van der Waals surface area contributed by atoms with Crippen LogP contribution in [0, 0.1) is 40.9 Å². The fourth-order valence-corrected chi connectivity index (χ4v) is 11.5. The van der Waals surface area contributed by atoms with Gasteiger partial charge in [-0.3, -0.25) is 58.3 Å². The quantitative estimate of drug-likeness (QED) is 0.0180. The number of aliphatic imine (C=N–C) groups is 1. The zero-order valence-corrected chi connectivity index (χ0v) is 57.3. The SMILES string of the molecule is CC[C@@H](C)[C@@H](NC(=O)[C@@H](CCCCC(=N)N)NC(=O)[C@H](CO)NC(=O)[C@@H](NC(=O)[C@@H](Cc1ccccc1)NC)[C@@H](C)CC)C(=O)N[C@H](C(=O)N[C@@H](CO)C(=O)N[C@H]1C(=O)C[C@@H](CCCN=C(N)N)C(=O)N[C@@H](C2CCCCC2)C(=O)N[C@@H]([C@@H](C)CC)C(=O)O[C@H]1C)[C@@H](C)CC. The summed E-state index contributed by atoms with van der Waals surface area (Å²) in [6, 6.07) is -4.20. The van der Waals surface area contributed by atoms with Gasteiger partial charge < -0.3 is 85.3 Å². The largest absolute Gasteiger partial charge is 0.458 e. The fraction of sp³-hybridized carbons (Fsp3) is 0.712. The molecule has 9 amide bonds. The van der Waals surface area contributed by atoms with E-state index >= 15 is 0 Å². The zero-order valence-electron chi connectivity index (χ0n) is 57.3. The number of aliphatic hydroxyl groups excluding tert-OH is 2. The molecule has 2 fully saturated rings. The molecule has 29 heteroatoms. The van der Waals surface area contributed by atoms with Crippen LogP contribution in [0.3, 0.4) is 0 Å².